The minimum absolute atomic E-state index is 0.714. The molecule has 0 saturated heterocycles. The van der Waals surface area contributed by atoms with Gasteiger partial charge in [0.2, 0.25) is 0 Å². The Balaban J connectivity index is 0.000000606. The molecule has 0 radical (unpaired) electrons. The number of hydrogen-bond acceptors (Lipinski definition) is 1. The highest BCUT2D eigenvalue weighted by atomic mass is 16.1. The predicted octanol–water partition coefficient (Wildman–Crippen LogP) is 4.19. The highest BCUT2D eigenvalue weighted by Crippen LogP contribution is 2.18. The van der Waals surface area contributed by atoms with E-state index in [4.69, 9.17) is 0 Å². The zero-order valence-corrected chi connectivity index (χ0v) is 9.68. The Kier molecular flexibility index (Phi) is 5.00. The molecule has 0 aromatic heterocycles. The molecule has 0 spiro atoms. The van der Waals surface area contributed by atoms with Crippen molar-refractivity contribution in [1.82, 2.24) is 0 Å². The summed E-state index contributed by atoms with van der Waals surface area (Å²) in [6.45, 7) is 4.00. The van der Waals surface area contributed by atoms with E-state index in [0.717, 1.165) is 17.4 Å². The van der Waals surface area contributed by atoms with E-state index in [2.05, 4.69) is 0 Å². The third-order valence-corrected chi connectivity index (χ3v) is 2.13. The topological polar surface area (TPSA) is 17.1 Å². The van der Waals surface area contributed by atoms with Crippen LogP contribution in [0.2, 0.25) is 0 Å². The smallest absolute Gasteiger partial charge is 0.150 e. The number of benzene rings is 2. The van der Waals surface area contributed by atoms with Crippen LogP contribution in [0.1, 0.15) is 24.2 Å². The van der Waals surface area contributed by atoms with Crippen LogP contribution in [-0.4, -0.2) is 6.29 Å². The summed E-state index contributed by atoms with van der Waals surface area (Å²) in [7, 11) is 0. The lowest BCUT2D eigenvalue weighted by Crippen LogP contribution is -1.81. The van der Waals surface area contributed by atoms with Gasteiger partial charge in [0.15, 0.2) is 0 Å². The monoisotopic (exact) mass is 212 g/mol. The zero-order chi connectivity index (χ0) is 11.8. The summed E-state index contributed by atoms with van der Waals surface area (Å²) in [6.07, 6.45) is 0.867. The molecular formula is C15H16O. The van der Waals surface area contributed by atoms with E-state index < -0.39 is 0 Å². The molecule has 2 aromatic carbocycles. The summed E-state index contributed by atoms with van der Waals surface area (Å²) in [5, 5.41) is 0. The lowest BCUT2D eigenvalue weighted by atomic mass is 10.0. The minimum atomic E-state index is 0.714. The molecule has 0 atom stereocenters. The van der Waals surface area contributed by atoms with Crippen LogP contribution in [0.3, 0.4) is 0 Å². The number of hydrogen-bond donors (Lipinski definition) is 0. The van der Waals surface area contributed by atoms with Gasteiger partial charge in [-0.2, -0.15) is 0 Å². The summed E-state index contributed by atoms with van der Waals surface area (Å²) in [6, 6.07) is 17.6. The fraction of sp³-hybridized carbons (Fsp3) is 0.133. The van der Waals surface area contributed by atoms with E-state index in [9.17, 15) is 4.79 Å². The fourth-order valence-electron chi connectivity index (χ4n) is 1.42. The quantitative estimate of drug-likeness (QED) is 0.682. The first-order chi connectivity index (χ1) is 7.90. The van der Waals surface area contributed by atoms with Gasteiger partial charge in [0.1, 0.15) is 6.29 Å². The molecule has 0 N–H and O–H groups in total. The number of carbonyl (C=O) groups excluding carboxylic acids is 1. The van der Waals surface area contributed by atoms with Crippen molar-refractivity contribution in [2.75, 3.05) is 0 Å². The highest BCUT2D eigenvalue weighted by molar-refractivity contribution is 5.78. The van der Waals surface area contributed by atoms with Crippen LogP contribution < -0.4 is 0 Å². The Morgan fingerprint density at radius 2 is 1.44 bits per heavy atom. The largest absolute Gasteiger partial charge is 0.298 e. The molecule has 0 aliphatic rings. The van der Waals surface area contributed by atoms with Gasteiger partial charge in [-0.25, -0.2) is 0 Å². The molecule has 0 unspecified atom stereocenters. The van der Waals surface area contributed by atoms with Crippen LogP contribution in [0.25, 0.3) is 11.1 Å². The Morgan fingerprint density at radius 1 is 0.812 bits per heavy atom. The number of carbonyl (C=O) groups is 1. The van der Waals surface area contributed by atoms with Crippen molar-refractivity contribution in [1.29, 1.82) is 0 Å². The molecule has 1 heteroatoms. The van der Waals surface area contributed by atoms with E-state index in [1.807, 2.05) is 62.4 Å². The summed E-state index contributed by atoms with van der Waals surface area (Å²) in [5.74, 6) is 0. The lowest BCUT2D eigenvalue weighted by molar-refractivity contribution is 0.112. The Bertz CT molecular complexity index is 432. The fourth-order valence-corrected chi connectivity index (χ4v) is 1.42. The van der Waals surface area contributed by atoms with Crippen LogP contribution in [0.5, 0.6) is 0 Å². The van der Waals surface area contributed by atoms with Crippen molar-refractivity contribution >= 4 is 6.29 Å². The molecule has 0 amide bonds. The van der Waals surface area contributed by atoms with E-state index in [-0.39, 0.29) is 0 Å². The molecule has 0 aliphatic carbocycles. The van der Waals surface area contributed by atoms with E-state index in [0.29, 0.717) is 5.56 Å². The molecular weight excluding hydrogens is 196 g/mol. The first-order valence-corrected chi connectivity index (χ1v) is 5.51. The second-order valence-electron chi connectivity index (χ2n) is 3.11. The molecule has 2 rings (SSSR count). The number of aldehydes is 1. The lowest BCUT2D eigenvalue weighted by Gasteiger charge is -2.00. The SMILES string of the molecule is CC.O=Cc1cccc(-c2ccccc2)c1. The maximum atomic E-state index is 10.6. The van der Waals surface area contributed by atoms with E-state index in [1.165, 1.54) is 0 Å². The van der Waals surface area contributed by atoms with Crippen LogP contribution in [0.4, 0.5) is 0 Å². The third kappa shape index (κ3) is 3.06. The van der Waals surface area contributed by atoms with Gasteiger partial charge >= 0.3 is 0 Å². The molecule has 0 bridgehead atoms. The van der Waals surface area contributed by atoms with Crippen molar-refractivity contribution in [3.05, 3.63) is 60.2 Å². The van der Waals surface area contributed by atoms with Crippen LogP contribution in [-0.2, 0) is 0 Å². The summed E-state index contributed by atoms with van der Waals surface area (Å²) in [4.78, 5) is 10.6. The predicted molar refractivity (Wildman–Crippen MR) is 68.6 cm³/mol. The second kappa shape index (κ2) is 6.57. The van der Waals surface area contributed by atoms with Crippen LogP contribution in [0.15, 0.2) is 54.6 Å². The minimum Gasteiger partial charge on any atom is -0.298 e. The van der Waals surface area contributed by atoms with Crippen molar-refractivity contribution in [3.63, 3.8) is 0 Å². The normalized spacial score (nSPS) is 8.88. The van der Waals surface area contributed by atoms with E-state index >= 15 is 0 Å². The molecule has 0 fully saturated rings. The average molecular weight is 212 g/mol. The third-order valence-electron chi connectivity index (χ3n) is 2.13. The highest BCUT2D eigenvalue weighted by Gasteiger charge is 1.96. The maximum Gasteiger partial charge on any atom is 0.150 e. The van der Waals surface area contributed by atoms with Crippen molar-refractivity contribution < 1.29 is 4.79 Å². The Hall–Kier alpha value is -1.89. The molecule has 0 heterocycles. The van der Waals surface area contributed by atoms with E-state index in [1.54, 1.807) is 6.07 Å². The first kappa shape index (κ1) is 12.2. The van der Waals surface area contributed by atoms with Gasteiger partial charge in [-0.3, -0.25) is 4.79 Å². The first-order valence-electron chi connectivity index (χ1n) is 5.51. The van der Waals surface area contributed by atoms with Gasteiger partial charge in [-0.15, -0.1) is 0 Å². The van der Waals surface area contributed by atoms with Gasteiger partial charge in [0, 0.05) is 5.56 Å². The molecule has 82 valence electrons. The van der Waals surface area contributed by atoms with Gasteiger partial charge < -0.3 is 0 Å². The Labute approximate surface area is 96.8 Å². The summed E-state index contributed by atoms with van der Waals surface area (Å²) >= 11 is 0. The maximum absolute atomic E-state index is 10.6. The second-order valence-corrected chi connectivity index (χ2v) is 3.11. The zero-order valence-electron chi connectivity index (χ0n) is 9.68. The number of rotatable bonds is 2. The van der Waals surface area contributed by atoms with Gasteiger partial charge in [0.25, 0.3) is 0 Å². The Morgan fingerprint density at radius 3 is 2.06 bits per heavy atom. The summed E-state index contributed by atoms with van der Waals surface area (Å²) < 4.78 is 0. The van der Waals surface area contributed by atoms with Gasteiger partial charge in [-0.05, 0) is 17.2 Å². The molecule has 16 heavy (non-hydrogen) atoms. The standard InChI is InChI=1S/C13H10O.C2H6/c14-10-11-5-4-8-13(9-11)12-6-2-1-3-7-12;1-2/h1-10H;1-2H3. The van der Waals surface area contributed by atoms with Crippen molar-refractivity contribution in [2.45, 2.75) is 13.8 Å². The van der Waals surface area contributed by atoms with Crippen LogP contribution >= 0.6 is 0 Å². The van der Waals surface area contributed by atoms with Gasteiger partial charge in [-0.1, -0.05) is 62.4 Å². The van der Waals surface area contributed by atoms with Crippen molar-refractivity contribution in [3.8, 4) is 11.1 Å². The summed E-state index contributed by atoms with van der Waals surface area (Å²) in [5.41, 5.74) is 2.93. The molecule has 0 saturated carbocycles. The molecule has 1 nitrogen and oxygen atoms in total. The van der Waals surface area contributed by atoms with Crippen LogP contribution in [0, 0.1) is 0 Å². The van der Waals surface area contributed by atoms with Crippen molar-refractivity contribution in [2.24, 2.45) is 0 Å². The van der Waals surface area contributed by atoms with Gasteiger partial charge in [0.05, 0.1) is 0 Å². The average Bonchev–Trinajstić information content (AvgIpc) is 2.42. The molecule has 2 aromatic rings. The molecule has 0 aliphatic heterocycles.